The standard InChI is InChI=1S/C13H14F2N2O3/c1-7-4-5-8(14)11(10(7)15)16-13(20)17-6-2-3-9(17)12(18)19/h4-5,9H,2-3,6H2,1H3,(H,16,20)(H,18,19). The van der Waals surface area contributed by atoms with Crippen LogP contribution in [0.15, 0.2) is 12.1 Å². The zero-order valence-electron chi connectivity index (χ0n) is 10.8. The fourth-order valence-electron chi connectivity index (χ4n) is 2.22. The van der Waals surface area contributed by atoms with Crippen LogP contribution in [0.3, 0.4) is 0 Å². The first-order chi connectivity index (χ1) is 9.41. The number of aryl methyl sites for hydroxylation is 1. The van der Waals surface area contributed by atoms with Crippen molar-refractivity contribution in [1.29, 1.82) is 0 Å². The van der Waals surface area contributed by atoms with Gasteiger partial charge in [-0.15, -0.1) is 0 Å². The molecule has 2 N–H and O–H groups in total. The molecule has 1 aromatic carbocycles. The second kappa shape index (κ2) is 5.44. The summed E-state index contributed by atoms with van der Waals surface area (Å²) in [7, 11) is 0. The van der Waals surface area contributed by atoms with Crippen molar-refractivity contribution in [2.24, 2.45) is 0 Å². The van der Waals surface area contributed by atoms with E-state index in [1.807, 2.05) is 0 Å². The molecule has 1 fully saturated rings. The number of aliphatic carboxylic acids is 1. The molecule has 1 heterocycles. The van der Waals surface area contributed by atoms with Gasteiger partial charge >= 0.3 is 12.0 Å². The number of urea groups is 1. The lowest BCUT2D eigenvalue weighted by Crippen LogP contribution is -2.43. The summed E-state index contributed by atoms with van der Waals surface area (Å²) >= 11 is 0. The lowest BCUT2D eigenvalue weighted by atomic mass is 10.2. The number of anilines is 1. The summed E-state index contributed by atoms with van der Waals surface area (Å²) in [6, 6.07) is 0.548. The molecule has 0 aliphatic carbocycles. The second-order valence-electron chi connectivity index (χ2n) is 4.67. The Kier molecular flexibility index (Phi) is 3.87. The number of carbonyl (C=O) groups excluding carboxylic acids is 1. The van der Waals surface area contributed by atoms with Crippen LogP contribution in [0.25, 0.3) is 0 Å². The first-order valence-electron chi connectivity index (χ1n) is 6.17. The van der Waals surface area contributed by atoms with Crippen LogP contribution in [0.5, 0.6) is 0 Å². The Morgan fingerprint density at radius 1 is 1.40 bits per heavy atom. The van der Waals surface area contributed by atoms with E-state index in [9.17, 15) is 18.4 Å². The topological polar surface area (TPSA) is 69.6 Å². The lowest BCUT2D eigenvalue weighted by Gasteiger charge is -2.22. The summed E-state index contributed by atoms with van der Waals surface area (Å²) in [6.07, 6.45) is 0.880. The van der Waals surface area contributed by atoms with Crippen LogP contribution >= 0.6 is 0 Å². The number of carbonyl (C=O) groups is 2. The van der Waals surface area contributed by atoms with Crippen LogP contribution < -0.4 is 5.32 Å². The molecule has 0 bridgehead atoms. The van der Waals surface area contributed by atoms with Crippen molar-refractivity contribution in [3.8, 4) is 0 Å². The van der Waals surface area contributed by atoms with E-state index in [-0.39, 0.29) is 12.1 Å². The van der Waals surface area contributed by atoms with E-state index < -0.39 is 35.4 Å². The van der Waals surface area contributed by atoms with Gasteiger partial charge in [0.1, 0.15) is 17.5 Å². The summed E-state index contributed by atoms with van der Waals surface area (Å²) in [6.45, 7) is 1.69. The van der Waals surface area contributed by atoms with Gasteiger partial charge in [-0.25, -0.2) is 18.4 Å². The van der Waals surface area contributed by atoms with E-state index in [4.69, 9.17) is 5.11 Å². The SMILES string of the molecule is Cc1ccc(F)c(NC(=O)N2CCCC2C(=O)O)c1F. The van der Waals surface area contributed by atoms with Crippen LogP contribution in [0.4, 0.5) is 19.3 Å². The molecule has 0 spiro atoms. The highest BCUT2D eigenvalue weighted by molar-refractivity contribution is 5.93. The minimum absolute atomic E-state index is 0.193. The van der Waals surface area contributed by atoms with Gasteiger partial charge in [0.05, 0.1) is 0 Å². The van der Waals surface area contributed by atoms with Crippen LogP contribution in [-0.4, -0.2) is 34.6 Å². The molecule has 2 amide bonds. The van der Waals surface area contributed by atoms with Crippen molar-refractivity contribution < 1.29 is 23.5 Å². The smallest absolute Gasteiger partial charge is 0.326 e. The van der Waals surface area contributed by atoms with E-state index in [0.717, 1.165) is 11.0 Å². The maximum Gasteiger partial charge on any atom is 0.326 e. The summed E-state index contributed by atoms with van der Waals surface area (Å²) in [4.78, 5) is 24.0. The molecule has 0 saturated carbocycles. The quantitative estimate of drug-likeness (QED) is 0.875. The maximum atomic E-state index is 13.8. The molecular formula is C13H14F2N2O3. The molecule has 7 heteroatoms. The first-order valence-corrected chi connectivity index (χ1v) is 6.17. The molecule has 0 aromatic heterocycles. The van der Waals surface area contributed by atoms with Gasteiger partial charge in [-0.2, -0.15) is 0 Å². The van der Waals surface area contributed by atoms with Crippen LogP contribution in [-0.2, 0) is 4.79 Å². The molecule has 1 atom stereocenters. The predicted octanol–water partition coefficient (Wildman–Crippen LogP) is 2.35. The number of hydrogen-bond donors (Lipinski definition) is 2. The molecule has 20 heavy (non-hydrogen) atoms. The number of hydrogen-bond acceptors (Lipinski definition) is 2. The van der Waals surface area contributed by atoms with Crippen molar-refractivity contribution >= 4 is 17.7 Å². The third-order valence-electron chi connectivity index (χ3n) is 3.31. The van der Waals surface area contributed by atoms with E-state index in [0.29, 0.717) is 12.8 Å². The molecule has 5 nitrogen and oxygen atoms in total. The zero-order chi connectivity index (χ0) is 14.9. The maximum absolute atomic E-state index is 13.8. The summed E-state index contributed by atoms with van der Waals surface area (Å²) in [5.74, 6) is -2.88. The number of likely N-dealkylation sites (tertiary alicyclic amines) is 1. The Labute approximate surface area is 114 Å². The number of nitrogens with one attached hydrogen (secondary N) is 1. The summed E-state index contributed by atoms with van der Waals surface area (Å²) in [5, 5.41) is 11.1. The molecular weight excluding hydrogens is 270 g/mol. The van der Waals surface area contributed by atoms with Crippen molar-refractivity contribution in [3.05, 3.63) is 29.3 Å². The fraction of sp³-hybridized carbons (Fsp3) is 0.385. The lowest BCUT2D eigenvalue weighted by molar-refractivity contribution is -0.141. The van der Waals surface area contributed by atoms with E-state index in [1.165, 1.54) is 13.0 Å². The normalized spacial score (nSPS) is 18.1. The van der Waals surface area contributed by atoms with E-state index in [1.54, 1.807) is 0 Å². The zero-order valence-corrected chi connectivity index (χ0v) is 10.8. The van der Waals surface area contributed by atoms with Crippen LogP contribution in [0.1, 0.15) is 18.4 Å². The van der Waals surface area contributed by atoms with Crippen LogP contribution in [0, 0.1) is 18.6 Å². The minimum atomic E-state index is -1.12. The Hall–Kier alpha value is -2.18. The number of carboxylic acid groups (broad SMARTS) is 1. The summed E-state index contributed by atoms with van der Waals surface area (Å²) in [5.41, 5.74) is -0.357. The Morgan fingerprint density at radius 3 is 2.75 bits per heavy atom. The number of benzene rings is 1. The molecule has 1 aliphatic rings. The van der Waals surface area contributed by atoms with E-state index in [2.05, 4.69) is 5.32 Å². The second-order valence-corrected chi connectivity index (χ2v) is 4.67. The van der Waals surface area contributed by atoms with Gasteiger partial charge in [0, 0.05) is 6.54 Å². The van der Waals surface area contributed by atoms with Crippen molar-refractivity contribution in [2.45, 2.75) is 25.8 Å². The number of rotatable bonds is 2. The van der Waals surface area contributed by atoms with Crippen LogP contribution in [0.2, 0.25) is 0 Å². The molecule has 1 aromatic rings. The van der Waals surface area contributed by atoms with Gasteiger partial charge in [-0.3, -0.25) is 0 Å². The molecule has 1 saturated heterocycles. The predicted molar refractivity (Wildman–Crippen MR) is 67.5 cm³/mol. The van der Waals surface area contributed by atoms with E-state index >= 15 is 0 Å². The molecule has 0 radical (unpaired) electrons. The van der Waals surface area contributed by atoms with Gasteiger partial charge in [-0.05, 0) is 31.4 Å². The average Bonchev–Trinajstić information content (AvgIpc) is 2.88. The largest absolute Gasteiger partial charge is 0.480 e. The molecule has 1 aliphatic heterocycles. The molecule has 1 unspecified atom stereocenters. The number of nitrogens with zero attached hydrogens (tertiary/aromatic N) is 1. The van der Waals surface area contributed by atoms with Gasteiger partial charge in [-0.1, -0.05) is 6.07 Å². The highest BCUT2D eigenvalue weighted by atomic mass is 19.1. The Bertz CT molecular complexity index is 563. The number of halogens is 2. The Balaban J connectivity index is 2.20. The van der Waals surface area contributed by atoms with Gasteiger partial charge in [0.15, 0.2) is 5.82 Å². The molecule has 2 rings (SSSR count). The monoisotopic (exact) mass is 284 g/mol. The van der Waals surface area contributed by atoms with Crippen molar-refractivity contribution in [3.63, 3.8) is 0 Å². The number of carboxylic acids is 1. The Morgan fingerprint density at radius 2 is 2.10 bits per heavy atom. The van der Waals surface area contributed by atoms with Gasteiger partial charge in [0.25, 0.3) is 0 Å². The fourth-order valence-corrected chi connectivity index (χ4v) is 2.22. The van der Waals surface area contributed by atoms with Crippen molar-refractivity contribution in [1.82, 2.24) is 4.90 Å². The highest BCUT2D eigenvalue weighted by Crippen LogP contribution is 2.24. The third-order valence-corrected chi connectivity index (χ3v) is 3.31. The first kappa shape index (κ1) is 14.2. The summed E-state index contributed by atoms with van der Waals surface area (Å²) < 4.78 is 27.3. The van der Waals surface area contributed by atoms with Crippen molar-refractivity contribution in [2.75, 3.05) is 11.9 Å². The minimum Gasteiger partial charge on any atom is -0.480 e. The van der Waals surface area contributed by atoms with Gasteiger partial charge < -0.3 is 15.3 Å². The number of amides is 2. The van der Waals surface area contributed by atoms with Gasteiger partial charge in [0.2, 0.25) is 0 Å². The molecule has 108 valence electrons. The average molecular weight is 284 g/mol. The third kappa shape index (κ3) is 2.56. The highest BCUT2D eigenvalue weighted by Gasteiger charge is 2.34.